The molecule has 2 nitrogen and oxygen atoms in total. The van der Waals surface area contributed by atoms with Gasteiger partial charge in [-0.05, 0) is 42.5 Å². The lowest BCUT2D eigenvalue weighted by Crippen LogP contribution is -2.04. The Morgan fingerprint density at radius 2 is 1.71 bits per heavy atom. The fraction of sp³-hybridized carbons (Fsp3) is 0.133. The highest BCUT2D eigenvalue weighted by atomic mass is 32.2. The molecule has 0 atom stereocenters. The molecule has 0 saturated carbocycles. The van der Waals surface area contributed by atoms with E-state index in [1.165, 1.54) is 24.9 Å². The standard InChI is InChI=1S/C15H11F3O2S/c1-20-14(19)10-5-7-12(8-6-10)21-13-4-2-3-11(9-13)15(16,17)18/h2-9H,1H3. The van der Waals surface area contributed by atoms with Crippen molar-refractivity contribution in [2.45, 2.75) is 16.0 Å². The Balaban J connectivity index is 2.17. The summed E-state index contributed by atoms with van der Waals surface area (Å²) in [5, 5.41) is 0. The lowest BCUT2D eigenvalue weighted by atomic mass is 10.2. The van der Waals surface area contributed by atoms with Crippen LogP contribution in [0.3, 0.4) is 0 Å². The molecule has 21 heavy (non-hydrogen) atoms. The van der Waals surface area contributed by atoms with Crippen LogP contribution in [-0.4, -0.2) is 13.1 Å². The minimum Gasteiger partial charge on any atom is -0.465 e. The van der Waals surface area contributed by atoms with Crippen LogP contribution < -0.4 is 0 Å². The maximum absolute atomic E-state index is 12.6. The average molecular weight is 312 g/mol. The van der Waals surface area contributed by atoms with Gasteiger partial charge in [-0.2, -0.15) is 13.2 Å². The van der Waals surface area contributed by atoms with Crippen LogP contribution in [0.4, 0.5) is 13.2 Å². The molecule has 2 rings (SSSR count). The smallest absolute Gasteiger partial charge is 0.416 e. The van der Waals surface area contributed by atoms with E-state index in [0.29, 0.717) is 10.5 Å². The lowest BCUT2D eigenvalue weighted by Gasteiger charge is -2.08. The van der Waals surface area contributed by atoms with Gasteiger partial charge in [0.1, 0.15) is 0 Å². The summed E-state index contributed by atoms with van der Waals surface area (Å²) in [6.07, 6.45) is -4.36. The molecule has 0 aliphatic rings. The Hall–Kier alpha value is -1.95. The molecule has 2 aromatic rings. The molecule has 0 fully saturated rings. The minimum absolute atomic E-state index is 0.394. The number of carbonyl (C=O) groups is 1. The van der Waals surface area contributed by atoms with Crippen LogP contribution in [-0.2, 0) is 10.9 Å². The zero-order valence-electron chi connectivity index (χ0n) is 11.0. The molecule has 0 bridgehead atoms. The number of halogens is 3. The number of carbonyl (C=O) groups excluding carboxylic acids is 1. The molecular weight excluding hydrogens is 301 g/mol. The summed E-state index contributed by atoms with van der Waals surface area (Å²) in [4.78, 5) is 12.5. The minimum atomic E-state index is -4.36. The molecule has 0 aliphatic heterocycles. The van der Waals surface area contributed by atoms with Crippen molar-refractivity contribution < 1.29 is 22.7 Å². The van der Waals surface area contributed by atoms with Gasteiger partial charge in [0.2, 0.25) is 0 Å². The van der Waals surface area contributed by atoms with Crippen LogP contribution >= 0.6 is 11.8 Å². The van der Waals surface area contributed by atoms with Crippen LogP contribution in [0.15, 0.2) is 58.3 Å². The first-order valence-electron chi connectivity index (χ1n) is 5.93. The molecule has 0 saturated heterocycles. The highest BCUT2D eigenvalue weighted by Crippen LogP contribution is 2.34. The van der Waals surface area contributed by atoms with Gasteiger partial charge in [0.15, 0.2) is 0 Å². The number of methoxy groups -OCH3 is 1. The largest absolute Gasteiger partial charge is 0.465 e. The van der Waals surface area contributed by atoms with Crippen LogP contribution in [0.25, 0.3) is 0 Å². The second-order valence-electron chi connectivity index (χ2n) is 4.14. The molecule has 0 aromatic heterocycles. The summed E-state index contributed by atoms with van der Waals surface area (Å²) in [6.45, 7) is 0. The summed E-state index contributed by atoms with van der Waals surface area (Å²) >= 11 is 1.19. The molecule has 110 valence electrons. The zero-order valence-corrected chi connectivity index (χ0v) is 11.8. The summed E-state index contributed by atoms with van der Waals surface area (Å²) < 4.78 is 42.5. The second-order valence-corrected chi connectivity index (χ2v) is 5.29. The molecule has 0 heterocycles. The Bertz CT molecular complexity index is 636. The second kappa shape index (κ2) is 6.22. The predicted molar refractivity (Wildman–Crippen MR) is 73.3 cm³/mol. The summed E-state index contributed by atoms with van der Waals surface area (Å²) in [6, 6.07) is 11.6. The molecule has 6 heteroatoms. The van der Waals surface area contributed by atoms with Gasteiger partial charge < -0.3 is 4.74 Å². The number of esters is 1. The van der Waals surface area contributed by atoms with Gasteiger partial charge in [0.25, 0.3) is 0 Å². The van der Waals surface area contributed by atoms with Gasteiger partial charge in [-0.1, -0.05) is 17.8 Å². The van der Waals surface area contributed by atoms with E-state index in [1.807, 2.05) is 0 Å². The first kappa shape index (κ1) is 15.4. The molecule has 2 aromatic carbocycles. The molecule has 0 radical (unpaired) electrons. The van der Waals surface area contributed by atoms with Crippen molar-refractivity contribution in [1.82, 2.24) is 0 Å². The quantitative estimate of drug-likeness (QED) is 0.772. The number of hydrogen-bond donors (Lipinski definition) is 0. The van der Waals surface area contributed by atoms with Crippen molar-refractivity contribution in [3.8, 4) is 0 Å². The maximum atomic E-state index is 12.6. The van der Waals surface area contributed by atoms with Crippen molar-refractivity contribution in [3.63, 3.8) is 0 Å². The molecule has 0 N–H and O–H groups in total. The Morgan fingerprint density at radius 3 is 2.29 bits per heavy atom. The van der Waals surface area contributed by atoms with Crippen molar-refractivity contribution in [1.29, 1.82) is 0 Å². The van der Waals surface area contributed by atoms with E-state index in [9.17, 15) is 18.0 Å². The molecular formula is C15H11F3O2S. The maximum Gasteiger partial charge on any atom is 0.416 e. The monoisotopic (exact) mass is 312 g/mol. The summed E-state index contributed by atoms with van der Waals surface area (Å²) in [5.74, 6) is -0.453. The van der Waals surface area contributed by atoms with Gasteiger partial charge in [0, 0.05) is 9.79 Å². The zero-order chi connectivity index (χ0) is 15.5. The van der Waals surface area contributed by atoms with Crippen molar-refractivity contribution in [2.75, 3.05) is 7.11 Å². The number of hydrogen-bond acceptors (Lipinski definition) is 3. The van der Waals surface area contributed by atoms with Crippen LogP contribution in [0.2, 0.25) is 0 Å². The fourth-order valence-corrected chi connectivity index (χ4v) is 2.53. The Morgan fingerprint density at radius 1 is 1.05 bits per heavy atom. The molecule has 0 unspecified atom stereocenters. The van der Waals surface area contributed by atoms with E-state index in [-0.39, 0.29) is 0 Å². The molecule has 0 amide bonds. The fourth-order valence-electron chi connectivity index (χ4n) is 1.65. The highest BCUT2D eigenvalue weighted by Gasteiger charge is 2.30. The molecule has 0 spiro atoms. The number of ether oxygens (including phenoxy) is 1. The average Bonchev–Trinajstić information content (AvgIpc) is 2.47. The van der Waals surface area contributed by atoms with E-state index in [2.05, 4.69) is 4.74 Å². The van der Waals surface area contributed by atoms with Gasteiger partial charge in [-0.25, -0.2) is 4.79 Å². The number of benzene rings is 2. The van der Waals surface area contributed by atoms with Crippen LogP contribution in [0.1, 0.15) is 15.9 Å². The topological polar surface area (TPSA) is 26.3 Å². The molecule has 0 aliphatic carbocycles. The summed E-state index contributed by atoms with van der Waals surface area (Å²) in [7, 11) is 1.29. The first-order valence-corrected chi connectivity index (χ1v) is 6.75. The van der Waals surface area contributed by atoms with Crippen molar-refractivity contribution >= 4 is 17.7 Å². The van der Waals surface area contributed by atoms with E-state index in [1.54, 1.807) is 30.3 Å². The predicted octanol–water partition coefficient (Wildman–Crippen LogP) is 4.64. The lowest BCUT2D eigenvalue weighted by molar-refractivity contribution is -0.137. The van der Waals surface area contributed by atoms with E-state index in [0.717, 1.165) is 17.0 Å². The third kappa shape index (κ3) is 4.01. The van der Waals surface area contributed by atoms with Gasteiger partial charge >= 0.3 is 12.1 Å². The number of alkyl halides is 3. The van der Waals surface area contributed by atoms with Crippen molar-refractivity contribution in [3.05, 3.63) is 59.7 Å². The summed E-state index contributed by atoms with van der Waals surface area (Å²) in [5.41, 5.74) is -0.287. The third-order valence-corrected chi connectivity index (χ3v) is 3.67. The highest BCUT2D eigenvalue weighted by molar-refractivity contribution is 7.99. The van der Waals surface area contributed by atoms with Crippen LogP contribution in [0.5, 0.6) is 0 Å². The van der Waals surface area contributed by atoms with E-state index >= 15 is 0 Å². The van der Waals surface area contributed by atoms with Crippen molar-refractivity contribution in [2.24, 2.45) is 0 Å². The Kier molecular flexibility index (Phi) is 4.57. The SMILES string of the molecule is COC(=O)c1ccc(Sc2cccc(C(F)(F)F)c2)cc1. The van der Waals surface area contributed by atoms with E-state index < -0.39 is 17.7 Å². The third-order valence-electron chi connectivity index (χ3n) is 2.67. The van der Waals surface area contributed by atoms with Gasteiger partial charge in [0.05, 0.1) is 18.2 Å². The first-order chi connectivity index (χ1) is 9.90. The number of rotatable bonds is 3. The van der Waals surface area contributed by atoms with Gasteiger partial charge in [-0.15, -0.1) is 0 Å². The van der Waals surface area contributed by atoms with Gasteiger partial charge in [-0.3, -0.25) is 0 Å². The normalized spacial score (nSPS) is 11.2. The van der Waals surface area contributed by atoms with E-state index in [4.69, 9.17) is 0 Å². The van der Waals surface area contributed by atoms with Crippen LogP contribution in [0, 0.1) is 0 Å². The Labute approximate surface area is 123 Å².